The van der Waals surface area contributed by atoms with Gasteiger partial charge >= 0.3 is 0 Å². The number of fused-ring (bicyclic) bond motifs is 8. The maximum Gasteiger partial charge on any atom is 0.195 e. The quantitative estimate of drug-likeness (QED) is 0.181. The molecule has 9 aromatic rings. The van der Waals surface area contributed by atoms with E-state index in [2.05, 4.69) is 244 Å². The van der Waals surface area contributed by atoms with E-state index in [-0.39, 0.29) is 32.9 Å². The lowest BCUT2D eigenvalue weighted by atomic mass is 9.79. The number of H-pyrrole nitrogens is 2. The molecule has 0 radical (unpaired) electrons. The number of aryl methyl sites for hydroxylation is 6. The smallest absolute Gasteiger partial charge is 0.195 e. The number of carbonyl (C=O) groups excluding carboxylic acids is 1. The number of aromatic nitrogens is 2. The van der Waals surface area contributed by atoms with Crippen LogP contribution in [0.1, 0.15) is 183 Å². The van der Waals surface area contributed by atoms with E-state index in [0.29, 0.717) is 10.8 Å². The molecule has 6 heteroatoms. The number of carbonyl (C=O) groups is 1. The third-order valence-corrected chi connectivity index (χ3v) is 18.3. The fourth-order valence-electron chi connectivity index (χ4n) is 14.1. The highest BCUT2D eigenvalue weighted by atomic mass is 16.1. The third-order valence-electron chi connectivity index (χ3n) is 18.3. The second kappa shape index (κ2) is 17.8. The molecule has 2 aromatic heterocycles. The number of nitrogens with zero attached hydrogens (tertiary/aromatic N) is 2. The van der Waals surface area contributed by atoms with Crippen LogP contribution in [0.3, 0.4) is 0 Å². The summed E-state index contributed by atoms with van der Waals surface area (Å²) >= 11 is 0. The Labute approximate surface area is 483 Å². The molecule has 8 bridgehead atoms. The van der Waals surface area contributed by atoms with Crippen LogP contribution in [0.2, 0.25) is 0 Å². The Morgan fingerprint density at radius 1 is 0.451 bits per heavy atom. The first-order valence-electron chi connectivity index (χ1n) is 29.4. The maximum absolute atomic E-state index is 16.5. The van der Waals surface area contributed by atoms with Crippen molar-refractivity contribution in [2.24, 2.45) is 9.98 Å². The van der Waals surface area contributed by atoms with Gasteiger partial charge in [0, 0.05) is 66.1 Å². The van der Waals surface area contributed by atoms with E-state index in [1.807, 2.05) is 0 Å². The molecule has 6 nitrogen and oxygen atoms in total. The van der Waals surface area contributed by atoms with E-state index in [1.54, 1.807) is 0 Å². The molecule has 1 aliphatic carbocycles. The molecule has 0 saturated heterocycles. The monoisotopic (exact) mass is 1080 g/mol. The van der Waals surface area contributed by atoms with E-state index < -0.39 is 12.0 Å². The predicted octanol–water partition coefficient (Wildman–Crippen LogP) is 17.4. The average Bonchev–Trinajstić information content (AvgIpc) is 1.96. The summed E-state index contributed by atoms with van der Waals surface area (Å²) in [5.74, 6) is -0.696. The summed E-state index contributed by atoms with van der Waals surface area (Å²) in [4.78, 5) is 52.5. The highest BCUT2D eigenvalue weighted by molar-refractivity contribution is 6.34. The molecule has 82 heavy (non-hydrogen) atoms. The van der Waals surface area contributed by atoms with Gasteiger partial charge in [-0.15, -0.1) is 0 Å². The molecule has 3 aliphatic heterocycles. The van der Waals surface area contributed by atoms with Crippen LogP contribution in [0.4, 0.5) is 0 Å². The van der Waals surface area contributed by atoms with Gasteiger partial charge in [0.1, 0.15) is 0 Å². The summed E-state index contributed by atoms with van der Waals surface area (Å²) in [6.07, 6.45) is 8.59. The molecule has 7 aromatic carbocycles. The van der Waals surface area contributed by atoms with E-state index in [9.17, 15) is 0 Å². The maximum atomic E-state index is 16.5. The van der Waals surface area contributed by atoms with Gasteiger partial charge in [0.15, 0.2) is 11.2 Å². The van der Waals surface area contributed by atoms with Gasteiger partial charge in [-0.3, -0.25) is 14.6 Å². The molecular formula is C76H76N4O2. The first-order chi connectivity index (χ1) is 38.4. The number of hydrogen-bond acceptors (Lipinski definition) is 4. The van der Waals surface area contributed by atoms with Gasteiger partial charge in [-0.1, -0.05) is 149 Å². The Morgan fingerprint density at radius 3 is 1.52 bits per heavy atom. The highest BCUT2D eigenvalue weighted by Gasteiger charge is 2.41. The zero-order chi connectivity index (χ0) is 58.3. The van der Waals surface area contributed by atoms with Crippen LogP contribution in [0, 0.1) is 41.5 Å². The van der Waals surface area contributed by atoms with Crippen LogP contribution >= 0.6 is 0 Å². The van der Waals surface area contributed by atoms with Crippen LogP contribution in [0.25, 0.3) is 65.5 Å². The number of benzene rings is 6. The zero-order valence-electron chi connectivity index (χ0n) is 51.3. The van der Waals surface area contributed by atoms with Crippen molar-refractivity contribution in [2.75, 3.05) is 0 Å². The largest absolute Gasteiger partial charge is 0.357 e. The lowest BCUT2D eigenvalue weighted by Crippen LogP contribution is -2.24. The molecular weight excluding hydrogens is 1000 g/mol. The number of ketones is 1. The van der Waals surface area contributed by atoms with Crippen molar-refractivity contribution < 1.29 is 4.79 Å². The number of nitrogens with one attached hydrogen (secondary N) is 2. The molecule has 2 unspecified atom stereocenters. The minimum Gasteiger partial charge on any atom is -0.357 e. The lowest BCUT2D eigenvalue weighted by molar-refractivity contribution is 0.0955. The topological polar surface area (TPSA) is 90.4 Å². The van der Waals surface area contributed by atoms with Gasteiger partial charge in [0.2, 0.25) is 0 Å². The lowest BCUT2D eigenvalue weighted by Gasteiger charge is -2.25. The zero-order valence-corrected chi connectivity index (χ0v) is 51.3. The Morgan fingerprint density at radius 2 is 0.963 bits per heavy atom. The molecule has 2 atom stereocenters. The van der Waals surface area contributed by atoms with E-state index in [4.69, 9.17) is 9.98 Å². The molecule has 2 N–H and O–H groups in total. The molecule has 0 saturated carbocycles. The van der Waals surface area contributed by atoms with Crippen molar-refractivity contribution in [3.8, 4) is 11.1 Å². The summed E-state index contributed by atoms with van der Waals surface area (Å²) in [7, 11) is 0. The Kier molecular flexibility index (Phi) is 11.6. The van der Waals surface area contributed by atoms with Crippen molar-refractivity contribution >= 4 is 71.6 Å². The van der Waals surface area contributed by atoms with Gasteiger partial charge in [0.25, 0.3) is 0 Å². The van der Waals surface area contributed by atoms with Crippen molar-refractivity contribution in [3.63, 3.8) is 0 Å². The summed E-state index contributed by atoms with van der Waals surface area (Å²) in [5, 5.41) is 7.04. The minimum atomic E-state index is -0.728. The number of aromatic amines is 2. The Balaban J connectivity index is 1.29. The van der Waals surface area contributed by atoms with Gasteiger partial charge in [0.05, 0.1) is 34.6 Å². The predicted molar refractivity (Wildman–Crippen MR) is 346 cm³/mol. The van der Waals surface area contributed by atoms with E-state index in [0.717, 1.165) is 144 Å². The molecule has 0 fully saturated rings. The summed E-state index contributed by atoms with van der Waals surface area (Å²) in [5.41, 5.74) is 22.8. The third kappa shape index (κ3) is 8.24. The van der Waals surface area contributed by atoms with Gasteiger partial charge in [-0.2, -0.15) is 0 Å². The van der Waals surface area contributed by atoms with Gasteiger partial charge in [-0.05, 0) is 195 Å². The van der Waals surface area contributed by atoms with Crippen molar-refractivity contribution in [2.45, 2.75) is 158 Å². The van der Waals surface area contributed by atoms with Crippen LogP contribution < -0.4 is 10.8 Å². The van der Waals surface area contributed by atoms with Crippen molar-refractivity contribution in [1.29, 1.82) is 0 Å². The van der Waals surface area contributed by atoms with Gasteiger partial charge < -0.3 is 9.97 Å². The first kappa shape index (κ1) is 53.4. The van der Waals surface area contributed by atoms with Crippen LogP contribution in [0.5, 0.6) is 0 Å². The average molecular weight is 1080 g/mol. The fourth-order valence-corrected chi connectivity index (χ4v) is 14.1. The first-order valence-corrected chi connectivity index (χ1v) is 29.4. The molecule has 0 spiro atoms. The minimum absolute atomic E-state index is 0.0320. The van der Waals surface area contributed by atoms with Crippen LogP contribution in [-0.2, 0) is 21.7 Å². The Hall–Kier alpha value is -7.96. The summed E-state index contributed by atoms with van der Waals surface area (Å²) < 4.78 is 0. The fraction of sp³-hybridized carbons (Fsp3) is 0.316. The highest BCUT2D eigenvalue weighted by Crippen LogP contribution is 2.49. The summed E-state index contributed by atoms with van der Waals surface area (Å²) in [6.45, 7) is 40.0. The number of allylic oxidation sites excluding steroid dienone is 4. The number of rotatable bonds is 2. The second-order valence-corrected chi connectivity index (χ2v) is 28.7. The number of hydrogen-bond donors (Lipinski definition) is 2. The molecule has 4 aliphatic rings. The van der Waals surface area contributed by atoms with E-state index in [1.165, 1.54) is 22.3 Å². The van der Waals surface area contributed by atoms with E-state index >= 15 is 9.59 Å². The second-order valence-electron chi connectivity index (χ2n) is 28.7. The standard InChI is InChI=1S/C76H76N4O2/c1-37-23-39(3)61(40(4)24-37)66-56-20-19-55(77-56)65-51-32-46(74(10,11)12)29-44-30-47(75(13,14)15)33-52(64(44)51)71(81)54-36-60(80-70(54)65)67(62-41(5)25-38(2)26-42(62)6)59-35-50-49-31-45(73(7,8)9)27-43-28-48(76(16,17)18)34-53(63(43)49)72(82)68(69(50)79-59)58-22-21-57(66)78-58/h19-36,58,68,79-80H,1-18H3/b66-56+,67-60?. The van der Waals surface area contributed by atoms with Gasteiger partial charge in [-0.25, -0.2) is 4.99 Å². The van der Waals surface area contributed by atoms with Crippen molar-refractivity contribution in [1.82, 2.24) is 9.97 Å². The number of Topliss-reactive ketones (excluding diaryl/α,β-unsaturated/α-hetero) is 1. The van der Waals surface area contributed by atoms with Crippen LogP contribution in [-0.4, -0.2) is 33.2 Å². The summed E-state index contributed by atoms with van der Waals surface area (Å²) in [6, 6.07) is 31.1. The molecule has 5 heterocycles. The number of aliphatic imine (C=N–C) groups is 2. The normalized spacial score (nSPS) is 18.1. The molecule has 13 rings (SSSR count). The van der Waals surface area contributed by atoms with Crippen LogP contribution in [0.15, 0.2) is 130 Å². The molecule has 412 valence electrons. The SMILES string of the molecule is Cc1cc(C)c(C2=c3cc4c(=O)c5cc(C(C)(C)C)cc6cc(C(C)(C)C)cc(c(c4[nH]3)C3=N/C(=C(/c4c(C)cc(C)cc4C)C4=NC(C=C4)C4C(=O)c7cc(C(C)(C)C)cc8cc(C(C)(C)C)cc(c78)-c7cc2[nH]c74)C=C3)c65)c(C)c1. The van der Waals surface area contributed by atoms with Crippen molar-refractivity contribution in [3.05, 3.63) is 220 Å². The molecule has 0 amide bonds. The Bertz CT molecular complexity index is 4640.